The molecule has 0 saturated carbocycles. The van der Waals surface area contributed by atoms with Crippen LogP contribution in [0.4, 0.5) is 5.69 Å². The summed E-state index contributed by atoms with van der Waals surface area (Å²) in [6.45, 7) is 4.25. The van der Waals surface area contributed by atoms with Crippen LogP contribution >= 0.6 is 15.9 Å². The molecule has 0 radical (unpaired) electrons. The van der Waals surface area contributed by atoms with Gasteiger partial charge in [0, 0.05) is 30.0 Å². The first-order valence-electron chi connectivity index (χ1n) is 16.4. The molecule has 0 unspecified atom stereocenters. The Labute approximate surface area is 303 Å². The molecule has 0 aromatic heterocycles. The van der Waals surface area contributed by atoms with Gasteiger partial charge in [-0.15, -0.1) is 0 Å². The highest BCUT2D eigenvalue weighted by Gasteiger charge is 2.35. The molecule has 10 nitrogen and oxygen atoms in total. The van der Waals surface area contributed by atoms with E-state index in [2.05, 4.69) is 21.2 Å². The Morgan fingerprint density at radius 3 is 2.14 bits per heavy atom. The van der Waals surface area contributed by atoms with Crippen molar-refractivity contribution in [1.82, 2.24) is 10.2 Å². The van der Waals surface area contributed by atoms with Crippen LogP contribution in [0.5, 0.6) is 17.2 Å². The third-order valence-electron chi connectivity index (χ3n) is 8.02. The number of hydrogen-bond acceptors (Lipinski definition) is 7. The fourth-order valence-electron chi connectivity index (χ4n) is 5.35. The second-order valence-electron chi connectivity index (χ2n) is 11.5. The summed E-state index contributed by atoms with van der Waals surface area (Å²) < 4.78 is 47.2. The van der Waals surface area contributed by atoms with Crippen molar-refractivity contribution in [3.8, 4) is 17.2 Å². The van der Waals surface area contributed by atoms with E-state index in [1.165, 1.54) is 37.3 Å². The number of unbranched alkanes of at least 4 members (excludes halogenated alkanes) is 1. The molecule has 1 N–H and O–H groups in total. The molecule has 0 heterocycles. The van der Waals surface area contributed by atoms with Gasteiger partial charge >= 0.3 is 0 Å². The molecule has 0 aliphatic carbocycles. The van der Waals surface area contributed by atoms with Crippen LogP contribution in [0.25, 0.3) is 0 Å². The summed E-state index contributed by atoms with van der Waals surface area (Å²) in [6.07, 6.45) is 1.89. The third kappa shape index (κ3) is 10.0. The SMILES string of the molecule is CCCCNC(=O)[C@H](Cc1ccccc1)N(Cc1ccc(Br)cc1)C(=O)CN(c1ccc(OCC)cc1)S(=O)(=O)c1ccc(OC)c(OC)c1. The largest absolute Gasteiger partial charge is 0.494 e. The Hall–Kier alpha value is -4.55. The minimum absolute atomic E-state index is 0.0678. The third-order valence-corrected chi connectivity index (χ3v) is 10.3. The number of carbonyl (C=O) groups is 2. The van der Waals surface area contributed by atoms with Gasteiger partial charge in [0.25, 0.3) is 10.0 Å². The minimum atomic E-state index is -4.36. The van der Waals surface area contributed by atoms with Crippen LogP contribution in [0, 0.1) is 0 Å². The molecule has 0 aliphatic rings. The normalized spacial score (nSPS) is 11.7. The summed E-state index contributed by atoms with van der Waals surface area (Å²) >= 11 is 3.47. The van der Waals surface area contributed by atoms with Crippen molar-refractivity contribution >= 4 is 43.5 Å². The predicted octanol–water partition coefficient (Wildman–Crippen LogP) is 6.62. The lowest BCUT2D eigenvalue weighted by molar-refractivity contribution is -0.140. The van der Waals surface area contributed by atoms with Crippen molar-refractivity contribution in [2.45, 2.75) is 50.6 Å². The molecule has 4 aromatic rings. The molecule has 266 valence electrons. The molecular weight excluding hydrogens is 722 g/mol. The lowest BCUT2D eigenvalue weighted by Crippen LogP contribution is -2.53. The maximum absolute atomic E-state index is 14.7. The number of sulfonamides is 1. The number of anilines is 1. The molecule has 0 spiro atoms. The number of rotatable bonds is 18. The van der Waals surface area contributed by atoms with Crippen molar-refractivity contribution in [2.75, 3.05) is 38.2 Å². The van der Waals surface area contributed by atoms with Gasteiger partial charge in [-0.05, 0) is 73.0 Å². The van der Waals surface area contributed by atoms with E-state index in [0.717, 1.165) is 32.7 Å². The molecule has 12 heteroatoms. The van der Waals surface area contributed by atoms with E-state index < -0.39 is 28.5 Å². The molecule has 2 amide bonds. The highest BCUT2D eigenvalue weighted by molar-refractivity contribution is 9.10. The van der Waals surface area contributed by atoms with Crippen molar-refractivity contribution in [3.05, 3.63) is 113 Å². The number of benzene rings is 4. The van der Waals surface area contributed by atoms with E-state index in [4.69, 9.17) is 14.2 Å². The summed E-state index contributed by atoms with van der Waals surface area (Å²) in [4.78, 5) is 30.0. The fourth-order valence-corrected chi connectivity index (χ4v) is 7.05. The zero-order valence-corrected chi connectivity index (χ0v) is 31.2. The number of nitrogens with zero attached hydrogens (tertiary/aromatic N) is 2. The second kappa shape index (κ2) is 18.4. The number of carbonyl (C=O) groups excluding carboxylic acids is 2. The Morgan fingerprint density at radius 1 is 0.840 bits per heavy atom. The van der Waals surface area contributed by atoms with Gasteiger partial charge < -0.3 is 24.4 Å². The molecule has 0 fully saturated rings. The van der Waals surface area contributed by atoms with Gasteiger partial charge in [0.05, 0.1) is 31.4 Å². The van der Waals surface area contributed by atoms with Gasteiger partial charge in [0.15, 0.2) is 11.5 Å². The average Bonchev–Trinajstić information content (AvgIpc) is 3.13. The fraction of sp³-hybridized carbons (Fsp3) is 0.316. The maximum atomic E-state index is 14.7. The zero-order chi connectivity index (χ0) is 36.1. The number of halogens is 1. The predicted molar refractivity (Wildman–Crippen MR) is 198 cm³/mol. The van der Waals surface area contributed by atoms with Crippen LogP contribution in [-0.4, -0.2) is 65.1 Å². The molecule has 1 atom stereocenters. The van der Waals surface area contributed by atoms with Gasteiger partial charge in [0.1, 0.15) is 18.3 Å². The molecule has 0 saturated heterocycles. The monoisotopic (exact) mass is 765 g/mol. The lowest BCUT2D eigenvalue weighted by atomic mass is 10.0. The number of nitrogens with one attached hydrogen (secondary N) is 1. The highest BCUT2D eigenvalue weighted by atomic mass is 79.9. The molecule has 4 rings (SSSR count). The molecule has 0 bridgehead atoms. The van der Waals surface area contributed by atoms with Gasteiger partial charge in [0.2, 0.25) is 11.8 Å². The highest BCUT2D eigenvalue weighted by Crippen LogP contribution is 2.33. The summed E-state index contributed by atoms with van der Waals surface area (Å²) in [5.74, 6) is 0.249. The number of hydrogen-bond donors (Lipinski definition) is 1. The van der Waals surface area contributed by atoms with Gasteiger partial charge in [-0.2, -0.15) is 0 Å². The first kappa shape index (κ1) is 38.3. The number of ether oxygens (including phenoxy) is 3. The van der Waals surface area contributed by atoms with Crippen molar-refractivity contribution in [1.29, 1.82) is 0 Å². The number of methoxy groups -OCH3 is 2. The second-order valence-corrected chi connectivity index (χ2v) is 14.2. The smallest absolute Gasteiger partial charge is 0.264 e. The summed E-state index contributed by atoms with van der Waals surface area (Å²) in [6, 6.07) is 26.7. The minimum Gasteiger partial charge on any atom is -0.494 e. The van der Waals surface area contributed by atoms with Crippen LogP contribution in [0.15, 0.2) is 106 Å². The van der Waals surface area contributed by atoms with E-state index >= 15 is 0 Å². The van der Waals surface area contributed by atoms with Crippen molar-refractivity contribution in [3.63, 3.8) is 0 Å². The quantitative estimate of drug-likeness (QED) is 0.113. The van der Waals surface area contributed by atoms with E-state index in [-0.39, 0.29) is 35.2 Å². The van der Waals surface area contributed by atoms with Crippen molar-refractivity contribution < 1.29 is 32.2 Å². The Balaban J connectivity index is 1.82. The number of amides is 2. The zero-order valence-electron chi connectivity index (χ0n) is 28.8. The first-order valence-corrected chi connectivity index (χ1v) is 18.7. The van der Waals surface area contributed by atoms with E-state index in [1.54, 1.807) is 24.3 Å². The summed E-state index contributed by atoms with van der Waals surface area (Å²) in [5, 5.41) is 3.01. The van der Waals surface area contributed by atoms with Crippen LogP contribution < -0.4 is 23.8 Å². The Bertz CT molecular complexity index is 1800. The van der Waals surface area contributed by atoms with E-state index in [0.29, 0.717) is 24.7 Å². The molecular formula is C38H44BrN3O7S. The Kier molecular flexibility index (Phi) is 14.1. The van der Waals surface area contributed by atoms with Gasteiger partial charge in [-0.1, -0.05) is 71.7 Å². The Morgan fingerprint density at radius 2 is 1.52 bits per heavy atom. The van der Waals surface area contributed by atoms with Crippen LogP contribution in [0.1, 0.15) is 37.8 Å². The first-order chi connectivity index (χ1) is 24.1. The molecule has 0 aliphatic heterocycles. The van der Waals surface area contributed by atoms with E-state index in [1.807, 2.05) is 68.4 Å². The lowest BCUT2D eigenvalue weighted by Gasteiger charge is -2.34. The van der Waals surface area contributed by atoms with E-state index in [9.17, 15) is 18.0 Å². The summed E-state index contributed by atoms with van der Waals surface area (Å²) in [5.41, 5.74) is 1.88. The van der Waals surface area contributed by atoms with Gasteiger partial charge in [-0.3, -0.25) is 13.9 Å². The molecule has 50 heavy (non-hydrogen) atoms. The summed E-state index contributed by atoms with van der Waals surface area (Å²) in [7, 11) is -1.49. The standard InChI is InChI=1S/C38H44BrN3O7S/c1-5-7-23-40-38(44)34(24-28-11-9-8-10-12-28)41(26-29-13-15-30(39)16-14-29)37(43)27-42(31-17-19-32(20-18-31)49-6-2)50(45,46)33-21-22-35(47-3)36(25-33)48-4/h8-22,25,34H,5-7,23-24,26-27H2,1-4H3,(H,40,44)/t34-/m0/s1. The average molecular weight is 767 g/mol. The van der Waals surface area contributed by atoms with Crippen LogP contribution in [0.2, 0.25) is 0 Å². The van der Waals surface area contributed by atoms with Crippen molar-refractivity contribution in [2.24, 2.45) is 0 Å². The van der Waals surface area contributed by atoms with Gasteiger partial charge in [-0.25, -0.2) is 8.42 Å². The van der Waals surface area contributed by atoms with Crippen LogP contribution in [0.3, 0.4) is 0 Å². The topological polar surface area (TPSA) is 114 Å². The van der Waals surface area contributed by atoms with Crippen LogP contribution in [-0.2, 0) is 32.6 Å². The molecule has 4 aromatic carbocycles. The maximum Gasteiger partial charge on any atom is 0.264 e.